The summed E-state index contributed by atoms with van der Waals surface area (Å²) in [6.45, 7) is 74.7. The molecule has 0 aromatic carbocycles. The van der Waals surface area contributed by atoms with Crippen LogP contribution in [0.1, 0.15) is 393 Å². The first-order valence-corrected chi connectivity index (χ1v) is 37.9. The van der Waals surface area contributed by atoms with Crippen molar-refractivity contribution in [2.45, 2.75) is 430 Å². The summed E-state index contributed by atoms with van der Waals surface area (Å²) in [5.41, 5.74) is -7.75. The fraction of sp³-hybridized carbons (Fsp3) is 1.00. The topological polar surface area (TPSA) is 0 Å². The SMILES string of the molecule is CC(C)C(C(C)C)C(C)(C)C(F)(F)F.CCC(C)(C(C)C)C(F)(F)F.CCC(C)(CC)C(C)(C)C.CCC(C)(CC)C(C)(CC)C(F)(F)F.CCC(C)(CC)C(F)(F)F.CCC(CC)C(C)(C)C.CCC(CC)C(C)(CC)C(F)(F)F.CCCC(C)(C)C.CCCC(C)(CC)C(F)(F)F. The smallest absolute Gasteiger partial charge is 0.171 e. The van der Waals surface area contributed by atoms with Gasteiger partial charge in [0.15, 0.2) is 0 Å². The maximum Gasteiger partial charge on any atom is 0.394 e. The minimum atomic E-state index is -4.12. The molecule has 0 N–H and O–H groups in total. The van der Waals surface area contributed by atoms with Crippen LogP contribution in [0.25, 0.3) is 0 Å². The second-order valence-electron chi connectivity index (χ2n) is 34.5. The van der Waals surface area contributed by atoms with E-state index in [0.29, 0.717) is 53.8 Å². The largest absolute Gasteiger partial charge is 0.394 e. The van der Waals surface area contributed by atoms with E-state index in [1.807, 2.05) is 55.4 Å². The van der Waals surface area contributed by atoms with Gasteiger partial charge in [-0.15, -0.1) is 0 Å². The maximum absolute atomic E-state index is 13.0. The van der Waals surface area contributed by atoms with Gasteiger partial charge in [0.2, 0.25) is 0 Å². The fourth-order valence-electron chi connectivity index (χ4n) is 12.8. The van der Waals surface area contributed by atoms with Gasteiger partial charge < -0.3 is 0 Å². The molecule has 0 radical (unpaired) electrons. The molecule has 0 fully saturated rings. The standard InChI is InChI=1S/2C11H21F3.C10H19F3.C10H22.C9H20.2C8H15F3.C7H13F3.C7H16/c1-7(2)9(8(3)4)10(5,6)11(12,13)14;1-6-9(4,7-2)10(5,8-3)11(12,13)14;1-5-8(6-2)9(4,7-3)10(11,12)13;1-7-10(6,8-2)9(3,4)5;1-6-8(7-2)9(3,4)5;1-5-7(4,6(2)3)8(9,10)11;1-4-6-7(3,5-2)8(9,10)11;1-4-6(3,5-2)7(8,9)10;1-5-6-7(2,3)4/h7-9H,1-6H3;6-8H2,1-5H3;8H,5-7H2,1-4H3;7-8H2,1-6H3;8H,6-7H2,1-5H3;6H,5H2,1-4H3;4-6H2,1-3H3;4-5H2,1-3H3;5-6H2,1-4H3. The Labute approximate surface area is 601 Å². The van der Waals surface area contributed by atoms with E-state index in [9.17, 15) is 79.0 Å². The van der Waals surface area contributed by atoms with Crippen molar-refractivity contribution in [1.29, 1.82) is 0 Å². The molecule has 0 bridgehead atoms. The molecule has 18 heteroatoms. The van der Waals surface area contributed by atoms with Crippen LogP contribution in [0.5, 0.6) is 0 Å². The number of alkyl halides is 18. The summed E-state index contributed by atoms with van der Waals surface area (Å²) < 4.78 is 226. The minimum Gasteiger partial charge on any atom is -0.171 e. The van der Waals surface area contributed by atoms with Crippen LogP contribution >= 0.6 is 0 Å². The molecule has 0 saturated heterocycles. The maximum atomic E-state index is 13.0. The summed E-state index contributed by atoms with van der Waals surface area (Å²) in [6, 6.07) is 0. The van der Waals surface area contributed by atoms with Crippen molar-refractivity contribution in [3.8, 4) is 0 Å². The van der Waals surface area contributed by atoms with Crippen molar-refractivity contribution in [3.63, 3.8) is 0 Å². The van der Waals surface area contributed by atoms with Crippen LogP contribution in [0.3, 0.4) is 0 Å². The highest BCUT2D eigenvalue weighted by atomic mass is 19.4. The molecule has 0 heterocycles. The van der Waals surface area contributed by atoms with Crippen molar-refractivity contribution in [2.75, 3.05) is 0 Å². The van der Waals surface area contributed by atoms with E-state index >= 15 is 0 Å². The van der Waals surface area contributed by atoms with Crippen LogP contribution in [0.15, 0.2) is 0 Å². The average molecular weight is 1480 g/mol. The van der Waals surface area contributed by atoms with Gasteiger partial charge in [-0.05, 0) is 127 Å². The summed E-state index contributed by atoms with van der Waals surface area (Å²) >= 11 is 0. The van der Waals surface area contributed by atoms with E-state index in [1.165, 1.54) is 87.0 Å². The molecule has 0 spiro atoms. The molecule has 0 aromatic rings. The Hall–Kier alpha value is -1.26. The Morgan fingerprint density at radius 2 is 0.525 bits per heavy atom. The Morgan fingerprint density at radius 3 is 0.566 bits per heavy atom. The first-order valence-electron chi connectivity index (χ1n) is 37.9. The Bertz CT molecular complexity index is 1870. The van der Waals surface area contributed by atoms with E-state index in [4.69, 9.17) is 0 Å². The monoisotopic (exact) mass is 1480 g/mol. The van der Waals surface area contributed by atoms with Crippen molar-refractivity contribution in [3.05, 3.63) is 0 Å². The molecule has 4 unspecified atom stereocenters. The first-order chi connectivity index (χ1) is 43.5. The Kier molecular flexibility index (Phi) is 55.6. The van der Waals surface area contributed by atoms with E-state index in [2.05, 4.69) is 104 Å². The lowest BCUT2D eigenvalue weighted by Gasteiger charge is -2.46. The Balaban J connectivity index is -0.000000132. The van der Waals surface area contributed by atoms with E-state index in [1.54, 1.807) is 69.2 Å². The van der Waals surface area contributed by atoms with Gasteiger partial charge in [0, 0.05) is 0 Å². The van der Waals surface area contributed by atoms with Crippen molar-refractivity contribution in [1.82, 2.24) is 0 Å². The van der Waals surface area contributed by atoms with E-state index in [-0.39, 0.29) is 74.5 Å². The van der Waals surface area contributed by atoms with Gasteiger partial charge in [-0.1, -0.05) is 328 Å². The molecule has 0 aromatic heterocycles. The molecule has 0 aliphatic rings. The molecule has 0 nitrogen and oxygen atoms in total. The van der Waals surface area contributed by atoms with Crippen molar-refractivity contribution < 1.29 is 79.0 Å². The van der Waals surface area contributed by atoms with Gasteiger partial charge >= 0.3 is 37.1 Å². The van der Waals surface area contributed by atoms with Crippen molar-refractivity contribution in [2.24, 2.45) is 95.1 Å². The highest BCUT2D eigenvalue weighted by Crippen LogP contribution is 2.57. The van der Waals surface area contributed by atoms with Gasteiger partial charge in [0.25, 0.3) is 0 Å². The second-order valence-corrected chi connectivity index (χ2v) is 34.5. The Morgan fingerprint density at radius 1 is 0.253 bits per heavy atom. The number of rotatable bonds is 23. The molecule has 0 aliphatic carbocycles. The summed E-state index contributed by atoms with van der Waals surface area (Å²) in [7, 11) is 0. The predicted molar refractivity (Wildman–Crippen MR) is 394 cm³/mol. The third-order valence-electron chi connectivity index (χ3n) is 24.2. The summed E-state index contributed by atoms with van der Waals surface area (Å²) in [6.07, 6.45) is -12.5. The number of halogens is 18. The summed E-state index contributed by atoms with van der Waals surface area (Å²) in [4.78, 5) is 0. The van der Waals surface area contributed by atoms with Crippen LogP contribution in [0.4, 0.5) is 79.0 Å². The molecule has 0 saturated carbocycles. The van der Waals surface area contributed by atoms with Gasteiger partial charge in [-0.25, -0.2) is 0 Å². The molecule has 612 valence electrons. The zero-order valence-electron chi connectivity index (χ0n) is 71.5. The van der Waals surface area contributed by atoms with Crippen LogP contribution in [0, 0.1) is 95.1 Å². The normalized spacial score (nSPS) is 15.8. The molecular weight excluding hydrogens is 1310 g/mol. The van der Waals surface area contributed by atoms with Gasteiger partial charge in [0.1, 0.15) is 0 Å². The van der Waals surface area contributed by atoms with E-state index in [0.717, 1.165) is 5.92 Å². The van der Waals surface area contributed by atoms with Crippen molar-refractivity contribution >= 4 is 0 Å². The quantitative estimate of drug-likeness (QED) is 0.0895. The van der Waals surface area contributed by atoms with Crippen LogP contribution in [-0.2, 0) is 0 Å². The van der Waals surface area contributed by atoms with Gasteiger partial charge in [-0.3, -0.25) is 0 Å². The lowest BCUT2D eigenvalue weighted by atomic mass is 9.60. The lowest BCUT2D eigenvalue weighted by Crippen LogP contribution is -2.47. The fourth-order valence-corrected chi connectivity index (χ4v) is 12.8. The molecule has 0 amide bonds. The third-order valence-corrected chi connectivity index (χ3v) is 24.2. The average Bonchev–Trinajstić information content (AvgIpc) is 0.770. The molecule has 4 atom stereocenters. The number of hydrogen-bond donors (Lipinski definition) is 0. The van der Waals surface area contributed by atoms with Crippen LogP contribution < -0.4 is 0 Å². The first kappa shape index (κ1) is 116. The molecular formula is C81H162F18. The highest BCUT2D eigenvalue weighted by Gasteiger charge is 2.59. The molecule has 99 heavy (non-hydrogen) atoms. The summed E-state index contributed by atoms with van der Waals surface area (Å²) in [5, 5.41) is 0. The third kappa shape index (κ3) is 39.2. The lowest BCUT2D eigenvalue weighted by molar-refractivity contribution is -0.259. The summed E-state index contributed by atoms with van der Waals surface area (Å²) in [5.74, 6) is 0.0586. The van der Waals surface area contributed by atoms with Gasteiger partial charge in [-0.2, -0.15) is 79.0 Å². The molecule has 0 rings (SSSR count). The number of hydrogen-bond acceptors (Lipinski definition) is 0. The zero-order valence-corrected chi connectivity index (χ0v) is 71.5. The van der Waals surface area contributed by atoms with E-state index < -0.39 is 75.0 Å². The van der Waals surface area contributed by atoms with Crippen LogP contribution in [0.2, 0.25) is 0 Å². The predicted octanol–water partition coefficient (Wildman–Crippen LogP) is 34.6. The minimum absolute atomic E-state index is 0.0478. The molecule has 0 aliphatic heterocycles. The second kappa shape index (κ2) is 47.4. The highest BCUT2D eigenvalue weighted by molar-refractivity contribution is 4.96. The van der Waals surface area contributed by atoms with Crippen LogP contribution in [-0.4, -0.2) is 37.1 Å². The van der Waals surface area contributed by atoms with Gasteiger partial charge in [0.05, 0.1) is 32.5 Å². The zero-order chi connectivity index (χ0) is 82.7.